The minimum Gasteiger partial charge on any atom is -0.477 e. The number of rotatable bonds is 5. The second kappa shape index (κ2) is 6.94. The fourth-order valence-corrected chi connectivity index (χ4v) is 3.77. The van der Waals surface area contributed by atoms with Crippen LogP contribution in [0, 0.1) is 0 Å². The van der Waals surface area contributed by atoms with Crippen molar-refractivity contribution < 1.29 is 23.1 Å². The summed E-state index contributed by atoms with van der Waals surface area (Å²) in [7, 11) is -4.19. The zero-order valence-corrected chi connectivity index (χ0v) is 15.5. The number of carboxylic acids is 1. The molecule has 9 nitrogen and oxygen atoms in total. The lowest BCUT2D eigenvalue weighted by Gasteiger charge is -2.36. The Morgan fingerprint density at radius 3 is 2.36 bits per heavy atom. The highest BCUT2D eigenvalue weighted by Gasteiger charge is 2.35. The van der Waals surface area contributed by atoms with Gasteiger partial charge in [-0.1, -0.05) is 0 Å². The number of hydrogen-bond donors (Lipinski definition) is 3. The van der Waals surface area contributed by atoms with E-state index in [-0.39, 0.29) is 17.5 Å². The molecular formula is C14H21ClN4O5S. The predicted octanol–water partition coefficient (Wildman–Crippen LogP) is 0.466. The fourth-order valence-electron chi connectivity index (χ4n) is 3.02. The Labute approximate surface area is 151 Å². The average Bonchev–Trinajstić information content (AvgIpc) is 2.99. The van der Waals surface area contributed by atoms with E-state index < -0.39 is 21.7 Å². The van der Waals surface area contributed by atoms with Crippen LogP contribution in [0.3, 0.4) is 0 Å². The van der Waals surface area contributed by atoms with Crippen LogP contribution >= 0.6 is 11.8 Å². The van der Waals surface area contributed by atoms with E-state index in [0.29, 0.717) is 35.5 Å². The van der Waals surface area contributed by atoms with Crippen LogP contribution < -0.4 is 9.97 Å². The van der Waals surface area contributed by atoms with Crippen molar-refractivity contribution in [2.45, 2.75) is 38.1 Å². The van der Waals surface area contributed by atoms with Gasteiger partial charge in [0.15, 0.2) is 0 Å². The Hall–Kier alpha value is -1.62. The summed E-state index contributed by atoms with van der Waals surface area (Å²) in [6, 6.07) is 1.46. The van der Waals surface area contributed by atoms with E-state index in [0.717, 1.165) is 6.20 Å². The molecule has 1 aliphatic rings. The maximum Gasteiger partial charge on any atom is 0.353 e. The summed E-state index contributed by atoms with van der Waals surface area (Å²) in [5.41, 5.74) is -0.851. The molecule has 1 aromatic heterocycles. The molecule has 0 unspecified atom stereocenters. The van der Waals surface area contributed by atoms with Crippen molar-refractivity contribution in [3.63, 3.8) is 0 Å². The van der Waals surface area contributed by atoms with Gasteiger partial charge in [-0.3, -0.25) is 4.79 Å². The average molecular weight is 393 g/mol. The Bertz CT molecular complexity index is 781. The number of carboxylic acid groups (broad SMARTS) is 1. The first-order valence-corrected chi connectivity index (χ1v) is 9.52. The number of carbonyl (C=O) groups is 2. The molecule has 140 valence electrons. The monoisotopic (exact) mass is 392 g/mol. The summed E-state index contributed by atoms with van der Waals surface area (Å²) in [4.78, 5) is 28.0. The van der Waals surface area contributed by atoms with Gasteiger partial charge in [0.1, 0.15) is 11.2 Å². The molecule has 1 fully saturated rings. The van der Waals surface area contributed by atoms with Crippen LogP contribution in [0.2, 0.25) is 0 Å². The van der Waals surface area contributed by atoms with Gasteiger partial charge >= 0.3 is 16.2 Å². The van der Waals surface area contributed by atoms with E-state index in [1.165, 1.54) is 6.07 Å². The van der Waals surface area contributed by atoms with Crippen molar-refractivity contribution in [3.8, 4) is 0 Å². The van der Waals surface area contributed by atoms with Crippen LogP contribution in [0.1, 0.15) is 48.7 Å². The second-order valence-corrected chi connectivity index (χ2v) is 8.16. The summed E-state index contributed by atoms with van der Waals surface area (Å²) in [5.74, 6) is -1.69. The molecule has 1 aromatic rings. The van der Waals surface area contributed by atoms with Gasteiger partial charge in [-0.05, 0) is 56.0 Å². The van der Waals surface area contributed by atoms with Crippen LogP contribution in [0.15, 0.2) is 12.3 Å². The highest BCUT2D eigenvalue weighted by atomic mass is 35.5. The van der Waals surface area contributed by atoms with E-state index in [2.05, 4.69) is 4.84 Å². The van der Waals surface area contributed by atoms with Crippen molar-refractivity contribution >= 4 is 33.9 Å². The lowest BCUT2D eigenvalue weighted by molar-refractivity contribution is -0.137. The van der Waals surface area contributed by atoms with Gasteiger partial charge in [0.05, 0.1) is 0 Å². The van der Waals surface area contributed by atoms with Crippen LogP contribution in [0.4, 0.5) is 0 Å². The van der Waals surface area contributed by atoms with Crippen molar-refractivity contribution in [2.24, 2.45) is 5.14 Å². The fraction of sp³-hybridized carbons (Fsp3) is 0.571. The Morgan fingerprint density at radius 1 is 1.36 bits per heavy atom. The number of aromatic nitrogens is 1. The number of carbonyl (C=O) groups excluding carboxylic acids is 1. The van der Waals surface area contributed by atoms with E-state index >= 15 is 0 Å². The van der Waals surface area contributed by atoms with Gasteiger partial charge in [-0.25, -0.2) is 18.7 Å². The molecule has 2 heterocycles. The molecule has 1 amide bonds. The van der Waals surface area contributed by atoms with Crippen LogP contribution in [-0.2, 0) is 15.0 Å². The normalized spacial score (nSPS) is 16.9. The highest BCUT2D eigenvalue weighted by Crippen LogP contribution is 2.32. The number of amides is 1. The standard InChI is InChI=1S/C14H21ClN4O5S/c1-14(2,17-15)13(22)18-6-3-9(4-7-18)10-5-8-19(25(16,23)24)11(10)12(20)21/h5,8-9,17H,3-4,6-7H2,1-2H3,(H,20,21)(H2,16,23,24). The molecule has 0 aromatic carbocycles. The van der Waals surface area contributed by atoms with Crippen LogP contribution in [0.5, 0.6) is 0 Å². The van der Waals surface area contributed by atoms with Crippen molar-refractivity contribution in [3.05, 3.63) is 23.5 Å². The largest absolute Gasteiger partial charge is 0.477 e. The molecule has 0 saturated carbocycles. The summed E-state index contributed by atoms with van der Waals surface area (Å²) in [6.07, 6.45) is 2.17. The summed E-state index contributed by atoms with van der Waals surface area (Å²) >= 11 is 5.60. The smallest absolute Gasteiger partial charge is 0.353 e. The third-order valence-electron chi connectivity index (χ3n) is 4.35. The van der Waals surface area contributed by atoms with Crippen molar-refractivity contribution in [2.75, 3.05) is 13.1 Å². The van der Waals surface area contributed by atoms with E-state index in [4.69, 9.17) is 16.9 Å². The maximum absolute atomic E-state index is 12.4. The van der Waals surface area contributed by atoms with E-state index in [9.17, 15) is 23.1 Å². The summed E-state index contributed by atoms with van der Waals surface area (Å²) < 4.78 is 23.7. The lowest BCUT2D eigenvalue weighted by atomic mass is 9.88. The first kappa shape index (κ1) is 19.7. The lowest BCUT2D eigenvalue weighted by Crippen LogP contribution is -2.53. The quantitative estimate of drug-likeness (QED) is 0.623. The number of nitrogens with one attached hydrogen (secondary N) is 1. The highest BCUT2D eigenvalue weighted by molar-refractivity contribution is 7.87. The number of halogens is 1. The molecule has 2 rings (SSSR count). The minimum absolute atomic E-state index is 0.151. The topological polar surface area (TPSA) is 135 Å². The van der Waals surface area contributed by atoms with Gasteiger partial charge in [0.25, 0.3) is 0 Å². The summed E-state index contributed by atoms with van der Waals surface area (Å²) in [5, 5.41) is 14.4. The molecule has 0 atom stereocenters. The van der Waals surface area contributed by atoms with Crippen LogP contribution in [0.25, 0.3) is 0 Å². The first-order chi connectivity index (χ1) is 11.5. The zero-order valence-electron chi connectivity index (χ0n) is 13.9. The molecule has 0 radical (unpaired) electrons. The number of nitrogens with zero attached hydrogens (tertiary/aromatic N) is 2. The molecule has 1 aliphatic heterocycles. The van der Waals surface area contributed by atoms with Gasteiger partial charge < -0.3 is 10.0 Å². The Morgan fingerprint density at radius 2 is 1.92 bits per heavy atom. The molecule has 0 spiro atoms. The third kappa shape index (κ3) is 3.97. The Kier molecular flexibility index (Phi) is 5.47. The van der Waals surface area contributed by atoms with Gasteiger partial charge in [0, 0.05) is 19.3 Å². The van der Waals surface area contributed by atoms with E-state index in [1.54, 1.807) is 18.7 Å². The maximum atomic E-state index is 12.4. The van der Waals surface area contributed by atoms with E-state index in [1.807, 2.05) is 0 Å². The van der Waals surface area contributed by atoms with Gasteiger partial charge in [-0.15, -0.1) is 0 Å². The third-order valence-corrected chi connectivity index (χ3v) is 5.68. The van der Waals surface area contributed by atoms with Crippen molar-refractivity contribution in [1.82, 2.24) is 13.7 Å². The molecule has 11 heteroatoms. The Balaban J connectivity index is 2.21. The second-order valence-electron chi connectivity index (χ2n) is 6.55. The molecule has 4 N–H and O–H groups in total. The summed E-state index contributed by atoms with van der Waals surface area (Å²) in [6.45, 7) is 4.18. The molecule has 25 heavy (non-hydrogen) atoms. The first-order valence-electron chi connectivity index (χ1n) is 7.64. The number of likely N-dealkylation sites (tertiary alicyclic amines) is 1. The molecule has 1 saturated heterocycles. The zero-order chi connectivity index (χ0) is 19.0. The number of hydrogen-bond acceptors (Lipinski definition) is 5. The van der Waals surface area contributed by atoms with Crippen molar-refractivity contribution in [1.29, 1.82) is 0 Å². The molecular weight excluding hydrogens is 372 g/mol. The number of nitrogens with two attached hydrogens (primary N) is 1. The van der Waals surface area contributed by atoms with Gasteiger partial charge in [0.2, 0.25) is 5.91 Å². The van der Waals surface area contributed by atoms with Gasteiger partial charge in [-0.2, -0.15) is 8.42 Å². The van der Waals surface area contributed by atoms with Crippen LogP contribution in [-0.4, -0.2) is 52.9 Å². The number of piperidine rings is 1. The molecule has 0 aliphatic carbocycles. The number of aromatic carboxylic acids is 1. The predicted molar refractivity (Wildman–Crippen MR) is 91.5 cm³/mol. The SMILES string of the molecule is CC(C)(NCl)C(=O)N1CCC(c2ccn(S(N)(=O)=O)c2C(=O)O)CC1. The molecule has 0 bridgehead atoms. The minimum atomic E-state index is -4.19.